The van der Waals surface area contributed by atoms with Crippen molar-refractivity contribution in [2.75, 3.05) is 0 Å². The lowest BCUT2D eigenvalue weighted by atomic mass is 9.79. The van der Waals surface area contributed by atoms with Gasteiger partial charge in [-0.1, -0.05) is 30.3 Å². The second-order valence-corrected chi connectivity index (χ2v) is 6.00. The van der Waals surface area contributed by atoms with Gasteiger partial charge in [0.05, 0.1) is 0 Å². The normalized spacial score (nSPS) is 26.1. The first-order valence-electron chi connectivity index (χ1n) is 7.67. The van der Waals surface area contributed by atoms with Gasteiger partial charge in [0.1, 0.15) is 23.5 Å². The molecule has 1 aromatic carbocycles. The van der Waals surface area contributed by atoms with E-state index in [1.54, 1.807) is 13.0 Å². The summed E-state index contributed by atoms with van der Waals surface area (Å²) in [4.78, 5) is 24.7. The van der Waals surface area contributed by atoms with Crippen LogP contribution in [0.4, 0.5) is 18.0 Å². The summed E-state index contributed by atoms with van der Waals surface area (Å²) in [5.41, 5.74) is -3.79. The van der Waals surface area contributed by atoms with E-state index in [1.165, 1.54) is 41.7 Å². The van der Waals surface area contributed by atoms with Crippen LogP contribution < -0.4 is 10.6 Å². The van der Waals surface area contributed by atoms with E-state index >= 15 is 0 Å². The number of hydrogen-bond acceptors (Lipinski definition) is 4. The number of halogens is 3. The molecule has 0 saturated carbocycles. The molecule has 2 aromatic rings. The number of Topliss-reactive ketones (excluding diaryl/α,β-unsaturated/α-hetero) is 1. The number of amides is 2. The van der Waals surface area contributed by atoms with Crippen LogP contribution in [-0.4, -0.2) is 28.8 Å². The van der Waals surface area contributed by atoms with E-state index in [2.05, 4.69) is 5.32 Å². The highest BCUT2D eigenvalue weighted by atomic mass is 19.4. The predicted molar refractivity (Wildman–Crippen MR) is 83.1 cm³/mol. The molecule has 1 saturated heterocycles. The van der Waals surface area contributed by atoms with Crippen LogP contribution in [0.5, 0.6) is 0 Å². The molecule has 3 atom stereocenters. The Kier molecular flexibility index (Phi) is 4.27. The molecule has 138 valence electrons. The summed E-state index contributed by atoms with van der Waals surface area (Å²) < 4.78 is 46.3. The minimum atomic E-state index is -5.29. The van der Waals surface area contributed by atoms with Crippen molar-refractivity contribution < 1.29 is 32.3 Å². The molecule has 0 aliphatic carbocycles. The Balaban J connectivity index is 2.15. The molecule has 3 N–H and O–H groups in total. The number of ketones is 1. The lowest BCUT2D eigenvalue weighted by molar-refractivity contribution is -0.288. The van der Waals surface area contributed by atoms with E-state index in [4.69, 9.17) is 4.42 Å². The first-order valence-corrected chi connectivity index (χ1v) is 7.67. The molecule has 26 heavy (non-hydrogen) atoms. The van der Waals surface area contributed by atoms with Gasteiger partial charge in [-0.2, -0.15) is 13.2 Å². The maximum Gasteiger partial charge on any atom is 0.437 e. The summed E-state index contributed by atoms with van der Waals surface area (Å²) in [7, 11) is 0. The Labute approximate surface area is 146 Å². The molecule has 6 nitrogen and oxygen atoms in total. The van der Waals surface area contributed by atoms with Crippen LogP contribution in [0.1, 0.15) is 27.9 Å². The fourth-order valence-corrected chi connectivity index (χ4v) is 2.98. The number of nitrogens with one attached hydrogen (secondary N) is 2. The van der Waals surface area contributed by atoms with Gasteiger partial charge in [-0.15, -0.1) is 0 Å². The number of furan rings is 1. The molecule has 0 spiro atoms. The third-order valence-corrected chi connectivity index (χ3v) is 4.21. The number of urea groups is 1. The summed E-state index contributed by atoms with van der Waals surface area (Å²) in [6, 6.07) is 7.31. The highest BCUT2D eigenvalue weighted by Gasteiger charge is 2.66. The number of rotatable bonds is 3. The monoisotopic (exact) mass is 368 g/mol. The Hall–Kier alpha value is -2.81. The molecule has 2 heterocycles. The predicted octanol–water partition coefficient (Wildman–Crippen LogP) is 2.69. The molecular weight excluding hydrogens is 353 g/mol. The Morgan fingerprint density at radius 2 is 1.85 bits per heavy atom. The minimum Gasteiger partial charge on any atom is -0.464 e. The maximum absolute atomic E-state index is 13.6. The molecule has 2 amide bonds. The van der Waals surface area contributed by atoms with Crippen molar-refractivity contribution >= 4 is 11.8 Å². The average molecular weight is 368 g/mol. The van der Waals surface area contributed by atoms with Crippen molar-refractivity contribution in [2.24, 2.45) is 5.92 Å². The molecule has 0 unspecified atom stereocenters. The zero-order valence-electron chi connectivity index (χ0n) is 13.5. The molecular formula is C17H15F3N2O4. The van der Waals surface area contributed by atoms with Gasteiger partial charge in [0.15, 0.2) is 5.78 Å². The van der Waals surface area contributed by atoms with E-state index in [-0.39, 0.29) is 11.3 Å². The summed E-state index contributed by atoms with van der Waals surface area (Å²) in [6.45, 7) is 1.57. The van der Waals surface area contributed by atoms with Gasteiger partial charge >= 0.3 is 12.2 Å². The summed E-state index contributed by atoms with van der Waals surface area (Å²) >= 11 is 0. The SMILES string of the molecule is Cc1ccc([C@@H]2NC(=O)N[C@](O)(C(F)(F)F)[C@H]2C(=O)c2ccccc2)o1. The van der Waals surface area contributed by atoms with Crippen LogP contribution in [0.3, 0.4) is 0 Å². The maximum atomic E-state index is 13.6. The second kappa shape index (κ2) is 6.17. The van der Waals surface area contributed by atoms with Crippen molar-refractivity contribution in [3.8, 4) is 0 Å². The smallest absolute Gasteiger partial charge is 0.437 e. The van der Waals surface area contributed by atoms with Gasteiger partial charge in [-0.3, -0.25) is 4.79 Å². The first-order chi connectivity index (χ1) is 12.1. The number of benzene rings is 1. The Morgan fingerprint density at radius 3 is 2.38 bits per heavy atom. The number of aliphatic hydroxyl groups is 1. The fourth-order valence-electron chi connectivity index (χ4n) is 2.98. The van der Waals surface area contributed by atoms with Gasteiger partial charge in [0.2, 0.25) is 5.72 Å². The van der Waals surface area contributed by atoms with Crippen molar-refractivity contribution in [3.63, 3.8) is 0 Å². The van der Waals surface area contributed by atoms with E-state index in [9.17, 15) is 27.9 Å². The third kappa shape index (κ3) is 2.94. The summed E-state index contributed by atoms with van der Waals surface area (Å²) in [5.74, 6) is -2.76. The van der Waals surface area contributed by atoms with Crippen LogP contribution in [-0.2, 0) is 0 Å². The lowest BCUT2D eigenvalue weighted by Gasteiger charge is -2.44. The molecule has 1 fully saturated rings. The van der Waals surface area contributed by atoms with Crippen LogP contribution in [0.15, 0.2) is 46.9 Å². The zero-order chi connectivity index (χ0) is 19.1. The molecule has 3 rings (SSSR count). The average Bonchev–Trinajstić information content (AvgIpc) is 3.00. The van der Waals surface area contributed by atoms with Crippen LogP contribution >= 0.6 is 0 Å². The number of aryl methyl sites for hydroxylation is 1. The van der Waals surface area contributed by atoms with Gasteiger partial charge in [-0.25, -0.2) is 4.79 Å². The number of hydrogen-bond donors (Lipinski definition) is 3. The van der Waals surface area contributed by atoms with Crippen LogP contribution in [0, 0.1) is 12.8 Å². The molecule has 0 radical (unpaired) electrons. The van der Waals surface area contributed by atoms with Gasteiger partial charge in [0.25, 0.3) is 0 Å². The van der Waals surface area contributed by atoms with E-state index in [1.807, 2.05) is 0 Å². The second-order valence-electron chi connectivity index (χ2n) is 6.00. The minimum absolute atomic E-state index is 0.0357. The first kappa shape index (κ1) is 18.0. The Bertz CT molecular complexity index is 834. The van der Waals surface area contributed by atoms with Crippen LogP contribution in [0.25, 0.3) is 0 Å². The van der Waals surface area contributed by atoms with E-state index in [0.717, 1.165) is 0 Å². The van der Waals surface area contributed by atoms with E-state index < -0.39 is 35.7 Å². The lowest BCUT2D eigenvalue weighted by Crippen LogP contribution is -2.72. The zero-order valence-corrected chi connectivity index (χ0v) is 13.5. The number of alkyl halides is 3. The molecule has 1 aliphatic heterocycles. The molecule has 0 bridgehead atoms. The van der Waals surface area contributed by atoms with Crippen LogP contribution in [0.2, 0.25) is 0 Å². The fraction of sp³-hybridized carbons (Fsp3) is 0.294. The van der Waals surface area contributed by atoms with Gasteiger partial charge in [-0.05, 0) is 19.1 Å². The van der Waals surface area contributed by atoms with Crippen molar-refractivity contribution in [3.05, 3.63) is 59.5 Å². The molecule has 1 aromatic heterocycles. The standard InChI is InChI=1S/C17H15F3N2O4/c1-9-7-8-11(26-9)13-12(14(23)10-5-3-2-4-6-10)16(25,17(18,19)20)22-15(24)21-13/h2-8,12-13,25H,1H3,(H2,21,22,24)/t12-,13+,16-/m1/s1. The third-order valence-electron chi connectivity index (χ3n) is 4.21. The van der Waals surface area contributed by atoms with Gasteiger partial charge < -0.3 is 20.2 Å². The molecule has 1 aliphatic rings. The Morgan fingerprint density at radius 1 is 1.19 bits per heavy atom. The highest BCUT2D eigenvalue weighted by Crippen LogP contribution is 2.44. The summed E-state index contributed by atoms with van der Waals surface area (Å²) in [5, 5.41) is 14.1. The number of carbonyl (C=O) groups is 2. The highest BCUT2D eigenvalue weighted by molar-refractivity contribution is 6.00. The van der Waals surface area contributed by atoms with Crippen molar-refractivity contribution in [1.29, 1.82) is 0 Å². The van der Waals surface area contributed by atoms with Gasteiger partial charge in [0, 0.05) is 5.56 Å². The van der Waals surface area contributed by atoms with E-state index in [0.29, 0.717) is 5.76 Å². The van der Waals surface area contributed by atoms with Crippen molar-refractivity contribution in [1.82, 2.24) is 10.6 Å². The largest absolute Gasteiger partial charge is 0.464 e. The summed E-state index contributed by atoms with van der Waals surface area (Å²) in [6.07, 6.45) is -5.29. The topological polar surface area (TPSA) is 91.6 Å². The quantitative estimate of drug-likeness (QED) is 0.727. The number of carbonyl (C=O) groups excluding carboxylic acids is 2. The van der Waals surface area contributed by atoms with Crippen molar-refractivity contribution in [2.45, 2.75) is 24.9 Å². The molecule has 9 heteroatoms.